The fraction of sp³-hybridized carbons (Fsp3) is 0.323. The number of unbranched alkanes of at least 4 members (excludes halogenated alkanes) is 1. The number of amides is 1. The average molecular weight is 578 g/mol. The molecule has 2 heterocycles. The third-order valence-corrected chi connectivity index (χ3v) is 7.86. The van der Waals surface area contributed by atoms with Gasteiger partial charge in [-0.15, -0.1) is 11.3 Å². The number of carbonyl (C=O) groups is 2. The predicted molar refractivity (Wildman–Crippen MR) is 160 cm³/mol. The molecule has 0 saturated carbocycles. The molecule has 0 aliphatic heterocycles. The van der Waals surface area contributed by atoms with E-state index >= 15 is 0 Å². The van der Waals surface area contributed by atoms with Crippen LogP contribution in [0.1, 0.15) is 45.7 Å². The summed E-state index contributed by atoms with van der Waals surface area (Å²) >= 11 is 1.62. The Morgan fingerprint density at radius 3 is 2.56 bits per heavy atom. The number of hydrogen-bond acceptors (Lipinski definition) is 9. The number of Topliss-reactive ketones (excluding diaryl/α,β-unsaturated/α-hetero) is 1. The number of aliphatic hydroxyl groups is 1. The lowest BCUT2D eigenvalue weighted by molar-refractivity contribution is 0.0848. The van der Waals surface area contributed by atoms with E-state index in [-0.39, 0.29) is 24.7 Å². The van der Waals surface area contributed by atoms with Gasteiger partial charge in [-0.1, -0.05) is 18.2 Å². The first-order valence-electron chi connectivity index (χ1n) is 13.4. The van der Waals surface area contributed by atoms with Gasteiger partial charge in [0, 0.05) is 26.6 Å². The standard InChI is InChI=1S/C31H35N3O6S/c1-19-7-6-8-21-22(18-41-30(19)21)28-26(38-2)13-11-24(33-28)29(36)23(9-4-5-14-32)34-31(37)20-10-12-25(40-16-15-35)27(17-20)39-3/h6-8,10-13,17-18,23,35H,4-5,9,14-16,32H2,1-3H3,(H,34,37)/t23-/m0/s1. The predicted octanol–water partition coefficient (Wildman–Crippen LogP) is 4.77. The number of fused-ring (bicyclic) bond motifs is 1. The number of nitrogens with one attached hydrogen (secondary N) is 1. The molecule has 0 unspecified atom stereocenters. The monoisotopic (exact) mass is 577 g/mol. The van der Waals surface area contributed by atoms with Gasteiger partial charge in [0.1, 0.15) is 23.7 Å². The summed E-state index contributed by atoms with van der Waals surface area (Å²) in [7, 11) is 3.04. The van der Waals surface area contributed by atoms with Crippen LogP contribution >= 0.6 is 11.3 Å². The molecule has 0 radical (unpaired) electrons. The number of ether oxygens (including phenoxy) is 3. The van der Waals surface area contributed by atoms with Gasteiger partial charge in [-0.2, -0.15) is 0 Å². The van der Waals surface area contributed by atoms with Crippen LogP contribution in [0.2, 0.25) is 0 Å². The number of thiophene rings is 1. The highest BCUT2D eigenvalue weighted by Gasteiger charge is 2.26. The molecule has 0 aliphatic carbocycles. The molecule has 216 valence electrons. The number of aryl methyl sites for hydroxylation is 1. The van der Waals surface area contributed by atoms with E-state index in [1.54, 1.807) is 42.7 Å². The molecule has 4 rings (SSSR count). The summed E-state index contributed by atoms with van der Waals surface area (Å²) in [5, 5.41) is 15.0. The molecule has 1 amide bonds. The summed E-state index contributed by atoms with van der Waals surface area (Å²) in [4.78, 5) is 31.9. The summed E-state index contributed by atoms with van der Waals surface area (Å²) in [6, 6.07) is 13.4. The summed E-state index contributed by atoms with van der Waals surface area (Å²) < 4.78 is 17.6. The maximum Gasteiger partial charge on any atom is 0.252 e. The maximum atomic E-state index is 13.8. The minimum atomic E-state index is -0.819. The zero-order valence-electron chi connectivity index (χ0n) is 23.4. The SMILES string of the molecule is COc1cc(C(=O)N[C@@H](CCCCN)C(=O)c2ccc(OC)c(-c3csc4c(C)cccc34)n2)ccc1OCCO. The topological polar surface area (TPSA) is 133 Å². The second-order valence-corrected chi connectivity index (χ2v) is 10.3. The summed E-state index contributed by atoms with van der Waals surface area (Å²) in [6.45, 7) is 2.49. The minimum Gasteiger partial charge on any atom is -0.494 e. The first-order chi connectivity index (χ1) is 19.9. The molecule has 9 nitrogen and oxygen atoms in total. The summed E-state index contributed by atoms with van der Waals surface area (Å²) in [5.41, 5.74) is 8.86. The van der Waals surface area contributed by atoms with E-state index in [1.807, 2.05) is 17.5 Å². The quantitative estimate of drug-likeness (QED) is 0.144. The van der Waals surface area contributed by atoms with Gasteiger partial charge in [0.25, 0.3) is 5.91 Å². The third kappa shape index (κ3) is 6.84. The van der Waals surface area contributed by atoms with Gasteiger partial charge in [-0.05, 0) is 68.6 Å². The second-order valence-electron chi connectivity index (χ2n) is 9.46. The van der Waals surface area contributed by atoms with Crippen LogP contribution in [-0.2, 0) is 0 Å². The number of hydrogen-bond donors (Lipinski definition) is 3. The van der Waals surface area contributed by atoms with Crippen molar-refractivity contribution in [1.82, 2.24) is 10.3 Å². The number of ketones is 1. The molecule has 10 heteroatoms. The van der Waals surface area contributed by atoms with E-state index in [2.05, 4.69) is 18.3 Å². The zero-order valence-corrected chi connectivity index (χ0v) is 24.3. The van der Waals surface area contributed by atoms with Crippen LogP contribution in [-0.4, -0.2) is 61.8 Å². The number of aromatic nitrogens is 1. The van der Waals surface area contributed by atoms with Crippen LogP contribution in [0.5, 0.6) is 17.2 Å². The van der Waals surface area contributed by atoms with Crippen LogP contribution in [0.4, 0.5) is 0 Å². The lowest BCUT2D eigenvalue weighted by atomic mass is 10.0. The van der Waals surface area contributed by atoms with Crippen molar-refractivity contribution in [3.63, 3.8) is 0 Å². The number of nitrogens with two attached hydrogens (primary N) is 1. The number of rotatable bonds is 14. The first kappa shape index (κ1) is 30.0. The largest absolute Gasteiger partial charge is 0.494 e. The fourth-order valence-electron chi connectivity index (χ4n) is 4.59. The molecule has 2 aromatic heterocycles. The van der Waals surface area contributed by atoms with E-state index in [9.17, 15) is 9.59 Å². The Kier molecular flexibility index (Phi) is 10.3. The lowest BCUT2D eigenvalue weighted by Crippen LogP contribution is -2.41. The van der Waals surface area contributed by atoms with Crippen molar-refractivity contribution in [3.8, 4) is 28.5 Å². The van der Waals surface area contributed by atoms with Gasteiger partial charge in [0.15, 0.2) is 11.5 Å². The first-order valence-corrected chi connectivity index (χ1v) is 14.3. The molecule has 4 aromatic rings. The third-order valence-electron chi connectivity index (χ3n) is 6.73. The van der Waals surface area contributed by atoms with Gasteiger partial charge in [0.05, 0.1) is 26.9 Å². The van der Waals surface area contributed by atoms with Crippen LogP contribution in [0.15, 0.2) is 53.9 Å². The number of methoxy groups -OCH3 is 2. The number of benzene rings is 2. The van der Waals surface area contributed by atoms with E-state index in [0.717, 1.165) is 21.2 Å². The Hall–Kier alpha value is -3.99. The van der Waals surface area contributed by atoms with Crippen molar-refractivity contribution in [2.45, 2.75) is 32.2 Å². The number of nitrogens with zero attached hydrogens (tertiary/aromatic N) is 1. The van der Waals surface area contributed by atoms with E-state index in [0.29, 0.717) is 54.3 Å². The zero-order chi connectivity index (χ0) is 29.4. The molecule has 0 spiro atoms. The Bertz CT molecular complexity index is 1520. The van der Waals surface area contributed by atoms with Crippen molar-refractivity contribution >= 4 is 33.1 Å². The molecule has 1 atom stereocenters. The summed E-state index contributed by atoms with van der Waals surface area (Å²) in [6.07, 6.45) is 1.77. The maximum absolute atomic E-state index is 13.8. The highest BCUT2D eigenvalue weighted by molar-refractivity contribution is 7.18. The van der Waals surface area contributed by atoms with Gasteiger partial charge in [-0.25, -0.2) is 4.98 Å². The Balaban J connectivity index is 1.64. The van der Waals surface area contributed by atoms with Crippen LogP contribution in [0, 0.1) is 6.92 Å². The summed E-state index contributed by atoms with van der Waals surface area (Å²) in [5.74, 6) is 0.569. The Morgan fingerprint density at radius 2 is 1.83 bits per heavy atom. The molecule has 0 fully saturated rings. The van der Waals surface area contributed by atoms with Crippen LogP contribution < -0.4 is 25.3 Å². The van der Waals surface area contributed by atoms with E-state index in [1.165, 1.54) is 13.2 Å². The number of carbonyl (C=O) groups excluding carboxylic acids is 2. The minimum absolute atomic E-state index is 0.0945. The molecule has 41 heavy (non-hydrogen) atoms. The molecular weight excluding hydrogens is 542 g/mol. The molecular formula is C31H35N3O6S. The molecule has 0 saturated heterocycles. The smallest absolute Gasteiger partial charge is 0.252 e. The normalized spacial score (nSPS) is 11.7. The Labute approximate surface area is 243 Å². The highest BCUT2D eigenvalue weighted by atomic mass is 32.1. The molecule has 2 aromatic carbocycles. The van der Waals surface area contributed by atoms with Gasteiger partial charge in [0.2, 0.25) is 5.78 Å². The van der Waals surface area contributed by atoms with Gasteiger partial charge < -0.3 is 30.4 Å². The van der Waals surface area contributed by atoms with Crippen molar-refractivity contribution < 1.29 is 28.9 Å². The van der Waals surface area contributed by atoms with Crippen molar-refractivity contribution in [2.75, 3.05) is 34.0 Å². The van der Waals surface area contributed by atoms with Crippen molar-refractivity contribution in [3.05, 3.63) is 70.7 Å². The number of aliphatic hydroxyl groups excluding tert-OH is 1. The molecule has 0 bridgehead atoms. The Morgan fingerprint density at radius 1 is 1.05 bits per heavy atom. The van der Waals surface area contributed by atoms with Gasteiger partial charge >= 0.3 is 0 Å². The van der Waals surface area contributed by atoms with Gasteiger partial charge in [-0.3, -0.25) is 9.59 Å². The van der Waals surface area contributed by atoms with Crippen LogP contribution in [0.25, 0.3) is 21.3 Å². The number of pyridine rings is 1. The average Bonchev–Trinajstić information content (AvgIpc) is 3.44. The highest BCUT2D eigenvalue weighted by Crippen LogP contribution is 2.39. The molecule has 4 N–H and O–H groups in total. The van der Waals surface area contributed by atoms with Crippen LogP contribution in [0.3, 0.4) is 0 Å². The van der Waals surface area contributed by atoms with Crippen molar-refractivity contribution in [2.24, 2.45) is 5.73 Å². The van der Waals surface area contributed by atoms with E-state index in [4.69, 9.17) is 30.0 Å². The lowest BCUT2D eigenvalue weighted by Gasteiger charge is -2.19. The molecule has 0 aliphatic rings. The van der Waals surface area contributed by atoms with Crippen molar-refractivity contribution in [1.29, 1.82) is 0 Å². The second kappa shape index (κ2) is 14.1. The van der Waals surface area contributed by atoms with E-state index < -0.39 is 11.9 Å². The fourth-order valence-corrected chi connectivity index (χ4v) is 5.63.